The van der Waals surface area contributed by atoms with Crippen molar-refractivity contribution in [2.75, 3.05) is 6.61 Å². The summed E-state index contributed by atoms with van der Waals surface area (Å²) in [6.45, 7) is 9.17. The van der Waals surface area contributed by atoms with Crippen LogP contribution in [0.3, 0.4) is 0 Å². The van der Waals surface area contributed by atoms with Gasteiger partial charge in [-0.05, 0) is 27.7 Å². The topological polar surface area (TPSA) is 74.2 Å². The molecule has 0 aliphatic carbocycles. The molecular formula is C12H24BO6P. The molecule has 0 aromatic rings. The van der Waals surface area contributed by atoms with Crippen molar-refractivity contribution in [2.24, 2.45) is 5.92 Å². The van der Waals surface area contributed by atoms with Crippen LogP contribution in [-0.2, 0) is 23.1 Å². The molecule has 0 saturated carbocycles. The molecule has 8 heteroatoms. The Morgan fingerprint density at radius 2 is 1.90 bits per heavy atom. The molecule has 20 heavy (non-hydrogen) atoms. The van der Waals surface area contributed by atoms with Gasteiger partial charge in [0.05, 0.1) is 18.8 Å². The molecule has 5 atom stereocenters. The predicted octanol–water partition coefficient (Wildman–Crippen LogP) is 1.85. The molecule has 0 spiro atoms. The van der Waals surface area contributed by atoms with E-state index < -0.39 is 32.1 Å². The molecule has 116 valence electrons. The highest BCUT2D eigenvalue weighted by Crippen LogP contribution is 2.49. The third-order valence-electron chi connectivity index (χ3n) is 2.93. The van der Waals surface area contributed by atoms with Gasteiger partial charge < -0.3 is 14.4 Å². The van der Waals surface area contributed by atoms with Crippen LogP contribution in [0.15, 0.2) is 0 Å². The zero-order valence-corrected chi connectivity index (χ0v) is 13.6. The van der Waals surface area contributed by atoms with E-state index in [2.05, 4.69) is 0 Å². The molecule has 1 unspecified atom stereocenters. The van der Waals surface area contributed by atoms with E-state index in [1.54, 1.807) is 20.8 Å². The Labute approximate surface area is 122 Å². The van der Waals surface area contributed by atoms with Gasteiger partial charge in [-0.25, -0.2) is 4.57 Å². The van der Waals surface area contributed by atoms with Crippen LogP contribution in [0.5, 0.6) is 0 Å². The van der Waals surface area contributed by atoms with Crippen molar-refractivity contribution in [3.05, 3.63) is 0 Å². The Balaban J connectivity index is 2.69. The van der Waals surface area contributed by atoms with Gasteiger partial charge in [0.2, 0.25) is 0 Å². The van der Waals surface area contributed by atoms with Gasteiger partial charge in [-0.2, -0.15) is 0 Å². The first-order valence-corrected chi connectivity index (χ1v) is 8.34. The summed E-state index contributed by atoms with van der Waals surface area (Å²) in [6, 6.07) is -0.556. The van der Waals surface area contributed by atoms with Crippen molar-refractivity contribution in [1.82, 2.24) is 0 Å². The molecule has 1 aliphatic rings. The number of hydrogen-bond donors (Lipinski definition) is 1. The van der Waals surface area contributed by atoms with Crippen LogP contribution in [-0.4, -0.2) is 49.8 Å². The van der Waals surface area contributed by atoms with Gasteiger partial charge in [-0.15, -0.1) is 0 Å². The number of phosphoric ester groups is 1. The molecule has 1 heterocycles. The van der Waals surface area contributed by atoms with E-state index in [1.165, 1.54) is 0 Å². The van der Waals surface area contributed by atoms with Crippen LogP contribution in [0.2, 0.25) is 0 Å². The lowest BCUT2D eigenvalue weighted by Crippen LogP contribution is -2.33. The van der Waals surface area contributed by atoms with Crippen molar-refractivity contribution in [3.63, 3.8) is 0 Å². The number of ether oxygens (including phenoxy) is 2. The van der Waals surface area contributed by atoms with Gasteiger partial charge in [0.15, 0.2) is 0 Å². The number of rotatable bonds is 7. The molecular weight excluding hydrogens is 282 g/mol. The third-order valence-corrected chi connectivity index (χ3v) is 4.13. The highest BCUT2D eigenvalue weighted by molar-refractivity contribution is 7.47. The lowest BCUT2D eigenvalue weighted by atomic mass is 9.86. The monoisotopic (exact) mass is 306 g/mol. The Bertz CT molecular complexity index is 351. The van der Waals surface area contributed by atoms with Crippen LogP contribution < -0.4 is 0 Å². The quantitative estimate of drug-likeness (QED) is 0.571. The van der Waals surface area contributed by atoms with Gasteiger partial charge in [0.25, 0.3) is 0 Å². The predicted molar refractivity (Wildman–Crippen MR) is 75.6 cm³/mol. The van der Waals surface area contributed by atoms with E-state index in [-0.39, 0.29) is 18.6 Å². The summed E-state index contributed by atoms with van der Waals surface area (Å²) < 4.78 is 33.0. The zero-order chi connectivity index (χ0) is 15.5. The van der Waals surface area contributed by atoms with E-state index >= 15 is 0 Å². The minimum absolute atomic E-state index is 0.0271. The summed E-state index contributed by atoms with van der Waals surface area (Å²) in [5.74, 6) is -0.230. The minimum atomic E-state index is -4.14. The summed E-state index contributed by atoms with van der Waals surface area (Å²) in [5, 5.41) is 0. The number of phosphoric acid groups is 1. The standard InChI is InChI=1S/C12H24BO6P/c1-7(2)16-6-10-11(9(5)12(13)17-10)19-20(14,15)18-8(3)4/h7-12H,6H2,1-5H3,(H,14,15)/t9-,10-,11+,12-/m1/s1. The SMILES string of the molecule is [B][C@@H]1O[C@H](COC(C)C)[C@@H](OP(=O)(O)OC(C)C)[C@H]1C. The molecule has 0 amide bonds. The van der Waals surface area contributed by atoms with Crippen molar-refractivity contribution in [3.8, 4) is 0 Å². The minimum Gasteiger partial charge on any atom is -0.379 e. The average Bonchev–Trinajstić information content (AvgIpc) is 2.52. The second-order valence-electron chi connectivity index (χ2n) is 5.57. The normalized spacial score (nSPS) is 33.8. The Hall–Kier alpha value is 0.0949. The molecule has 6 nitrogen and oxygen atoms in total. The fourth-order valence-corrected chi connectivity index (χ4v) is 3.18. The Kier molecular flexibility index (Phi) is 6.70. The lowest BCUT2D eigenvalue weighted by molar-refractivity contribution is -0.0488. The summed E-state index contributed by atoms with van der Waals surface area (Å²) in [4.78, 5) is 9.72. The molecule has 1 aliphatic heterocycles. The van der Waals surface area contributed by atoms with Gasteiger partial charge in [-0.1, -0.05) is 6.92 Å². The summed E-state index contributed by atoms with van der Waals surface area (Å²) in [5.41, 5.74) is 0. The van der Waals surface area contributed by atoms with Gasteiger partial charge in [0, 0.05) is 11.9 Å². The maximum absolute atomic E-state index is 11.9. The van der Waals surface area contributed by atoms with Gasteiger partial charge >= 0.3 is 7.82 Å². The highest BCUT2D eigenvalue weighted by atomic mass is 31.2. The van der Waals surface area contributed by atoms with Crippen LogP contribution in [0.25, 0.3) is 0 Å². The largest absolute Gasteiger partial charge is 0.472 e. The van der Waals surface area contributed by atoms with Gasteiger partial charge in [0.1, 0.15) is 20.1 Å². The second kappa shape index (κ2) is 7.39. The third kappa shape index (κ3) is 5.47. The summed E-state index contributed by atoms with van der Waals surface area (Å²) in [7, 11) is 1.68. The maximum atomic E-state index is 11.9. The molecule has 0 bridgehead atoms. The molecule has 1 saturated heterocycles. The van der Waals surface area contributed by atoms with Crippen LogP contribution >= 0.6 is 7.82 Å². The second-order valence-corrected chi connectivity index (χ2v) is 6.93. The molecule has 0 aromatic heterocycles. The maximum Gasteiger partial charge on any atom is 0.472 e. The van der Waals surface area contributed by atoms with Crippen LogP contribution in [0.1, 0.15) is 34.6 Å². The highest BCUT2D eigenvalue weighted by Gasteiger charge is 2.44. The van der Waals surface area contributed by atoms with E-state index in [0.29, 0.717) is 0 Å². The molecule has 1 fully saturated rings. The zero-order valence-electron chi connectivity index (χ0n) is 12.7. The first-order chi connectivity index (χ1) is 9.12. The Morgan fingerprint density at radius 1 is 1.30 bits per heavy atom. The van der Waals surface area contributed by atoms with Crippen molar-refractivity contribution < 1.29 is 28.0 Å². The van der Waals surface area contributed by atoms with Crippen LogP contribution in [0, 0.1) is 5.92 Å². The van der Waals surface area contributed by atoms with Gasteiger partial charge in [-0.3, -0.25) is 9.05 Å². The first kappa shape index (κ1) is 18.1. The van der Waals surface area contributed by atoms with Crippen molar-refractivity contribution in [2.45, 2.75) is 65.0 Å². The average molecular weight is 306 g/mol. The summed E-state index contributed by atoms with van der Waals surface area (Å²) >= 11 is 0. The van der Waals surface area contributed by atoms with Crippen molar-refractivity contribution in [1.29, 1.82) is 0 Å². The number of hydrogen-bond acceptors (Lipinski definition) is 5. The van der Waals surface area contributed by atoms with Crippen molar-refractivity contribution >= 4 is 15.7 Å². The molecule has 1 N–H and O–H groups in total. The smallest absolute Gasteiger partial charge is 0.379 e. The van der Waals surface area contributed by atoms with E-state index in [4.69, 9.17) is 26.4 Å². The fourth-order valence-electron chi connectivity index (χ4n) is 1.96. The van der Waals surface area contributed by atoms with E-state index in [9.17, 15) is 9.46 Å². The van der Waals surface area contributed by atoms with E-state index in [0.717, 1.165) is 0 Å². The Morgan fingerprint density at radius 3 is 2.40 bits per heavy atom. The molecule has 0 aromatic carbocycles. The van der Waals surface area contributed by atoms with Crippen LogP contribution in [0.4, 0.5) is 0 Å². The molecule has 1 rings (SSSR count). The molecule has 2 radical (unpaired) electrons. The summed E-state index contributed by atoms with van der Waals surface area (Å²) in [6.07, 6.45) is -1.52. The first-order valence-electron chi connectivity index (χ1n) is 6.84. The lowest BCUT2D eigenvalue weighted by Gasteiger charge is -2.25. The fraction of sp³-hybridized carbons (Fsp3) is 1.00. The van der Waals surface area contributed by atoms with E-state index in [1.807, 2.05) is 13.8 Å².